The Kier molecular flexibility index (Phi) is 6.61. The third kappa shape index (κ3) is 4.97. The van der Waals surface area contributed by atoms with E-state index in [1.807, 2.05) is 35.7 Å². The van der Waals surface area contributed by atoms with Crippen LogP contribution in [0.15, 0.2) is 60.1 Å². The van der Waals surface area contributed by atoms with E-state index in [1.165, 1.54) is 6.20 Å². The van der Waals surface area contributed by atoms with Gasteiger partial charge in [-0.05, 0) is 73.0 Å². The number of carbonyl (C=O) groups excluding carboxylic acids is 2. The number of hydrogen-bond acceptors (Lipinski definition) is 6. The van der Waals surface area contributed by atoms with Crippen molar-refractivity contribution in [3.63, 3.8) is 0 Å². The molecule has 0 saturated carbocycles. The molecule has 1 aromatic carbocycles. The molecule has 5 rings (SSSR count). The van der Waals surface area contributed by atoms with E-state index < -0.39 is 18.0 Å². The fourth-order valence-corrected chi connectivity index (χ4v) is 5.00. The number of pyridine rings is 2. The first-order chi connectivity index (χ1) is 17.0. The van der Waals surface area contributed by atoms with Gasteiger partial charge in [-0.3, -0.25) is 4.79 Å². The number of fused-ring (bicyclic) bond motifs is 2. The smallest absolute Gasteiger partial charge is 0.339 e. The second-order valence-corrected chi connectivity index (χ2v) is 9.68. The molecule has 0 bridgehead atoms. The summed E-state index contributed by atoms with van der Waals surface area (Å²) in [5, 5.41) is 5.88. The first kappa shape index (κ1) is 23.2. The number of carbonyl (C=O) groups is 2. The largest absolute Gasteiger partial charge is 0.449 e. The number of anilines is 1. The highest BCUT2D eigenvalue weighted by molar-refractivity contribution is 7.10. The van der Waals surface area contributed by atoms with Crippen LogP contribution in [0.4, 0.5) is 5.82 Å². The molecule has 1 N–H and O–H groups in total. The number of esters is 1. The highest BCUT2D eigenvalue weighted by Crippen LogP contribution is 2.37. The summed E-state index contributed by atoms with van der Waals surface area (Å²) in [6, 6.07) is 14.8. The molecule has 176 valence electrons. The van der Waals surface area contributed by atoms with Crippen molar-refractivity contribution < 1.29 is 14.3 Å². The minimum absolute atomic E-state index is 0.331. The average molecular weight is 504 g/mol. The molecule has 1 aliphatic rings. The van der Waals surface area contributed by atoms with Crippen LogP contribution < -0.4 is 5.32 Å². The first-order valence-electron chi connectivity index (χ1n) is 11.3. The molecule has 0 spiro atoms. The molecule has 0 aliphatic heterocycles. The van der Waals surface area contributed by atoms with Gasteiger partial charge in [0.25, 0.3) is 5.91 Å². The predicted molar refractivity (Wildman–Crippen MR) is 140 cm³/mol. The number of halogens is 1. The van der Waals surface area contributed by atoms with Gasteiger partial charge in [0.15, 0.2) is 6.10 Å². The highest BCUT2D eigenvalue weighted by Gasteiger charge is 2.28. The second-order valence-electron chi connectivity index (χ2n) is 8.27. The predicted octanol–water partition coefficient (Wildman–Crippen LogP) is 6.41. The maximum absolute atomic E-state index is 13.5. The fraction of sp³-hybridized carbons (Fsp3) is 0.185. The van der Waals surface area contributed by atoms with Crippen LogP contribution in [0.1, 0.15) is 46.3 Å². The van der Waals surface area contributed by atoms with Crippen molar-refractivity contribution in [2.24, 2.45) is 0 Å². The Bertz CT molecular complexity index is 1430. The Morgan fingerprint density at radius 1 is 1.14 bits per heavy atom. The average Bonchev–Trinajstić information content (AvgIpc) is 3.37. The van der Waals surface area contributed by atoms with Gasteiger partial charge in [0.1, 0.15) is 5.82 Å². The number of nitrogens with zero attached hydrogens (tertiary/aromatic N) is 2. The molecular weight excluding hydrogens is 482 g/mol. The van der Waals surface area contributed by atoms with Crippen LogP contribution in [0.2, 0.25) is 5.02 Å². The lowest BCUT2D eigenvalue weighted by atomic mass is 9.86. The normalized spacial score (nSPS) is 15.0. The maximum Gasteiger partial charge on any atom is 0.339 e. The standard InChI is InChI=1S/C27H22ClN3O3S/c1-16(26(32)31-23-12-11-18(28)15-29-23)34-27(33)24-20-8-2-3-10-22(20)30-25-17(6-4-9-21(24)25)14-19-7-5-13-35-19/h2-3,5,7-8,10-16H,4,6,9H2,1H3,(H,29,31,32)/b17-14+. The Hall–Kier alpha value is -3.55. The van der Waals surface area contributed by atoms with E-state index in [1.54, 1.807) is 30.4 Å². The van der Waals surface area contributed by atoms with E-state index in [2.05, 4.69) is 22.4 Å². The van der Waals surface area contributed by atoms with Gasteiger partial charge in [0.2, 0.25) is 0 Å². The fourth-order valence-electron chi connectivity index (χ4n) is 4.20. The van der Waals surface area contributed by atoms with E-state index in [0.717, 1.165) is 45.5 Å². The number of rotatable bonds is 5. The summed E-state index contributed by atoms with van der Waals surface area (Å²) in [4.78, 5) is 36.3. The minimum Gasteiger partial charge on any atom is -0.449 e. The zero-order chi connectivity index (χ0) is 24.4. The lowest BCUT2D eigenvalue weighted by Gasteiger charge is -2.23. The number of thiophene rings is 1. The van der Waals surface area contributed by atoms with Crippen LogP contribution in [0.5, 0.6) is 0 Å². The van der Waals surface area contributed by atoms with Gasteiger partial charge < -0.3 is 10.1 Å². The summed E-state index contributed by atoms with van der Waals surface area (Å²) >= 11 is 7.52. The third-order valence-corrected chi connectivity index (χ3v) is 6.91. The van der Waals surface area contributed by atoms with Crippen LogP contribution in [0, 0.1) is 0 Å². The lowest BCUT2D eigenvalue weighted by Crippen LogP contribution is -2.31. The zero-order valence-electron chi connectivity index (χ0n) is 19.0. The molecule has 1 atom stereocenters. The quantitative estimate of drug-likeness (QED) is 0.318. The molecule has 8 heteroatoms. The maximum atomic E-state index is 13.5. The Balaban J connectivity index is 1.48. The molecule has 0 fully saturated rings. The molecule has 0 saturated heterocycles. The Morgan fingerprint density at radius 2 is 2.00 bits per heavy atom. The molecule has 1 aliphatic carbocycles. The second kappa shape index (κ2) is 9.98. The third-order valence-electron chi connectivity index (χ3n) is 5.87. The van der Waals surface area contributed by atoms with Crippen LogP contribution in [-0.2, 0) is 16.0 Å². The van der Waals surface area contributed by atoms with Gasteiger partial charge >= 0.3 is 5.97 Å². The molecule has 35 heavy (non-hydrogen) atoms. The molecule has 3 heterocycles. The minimum atomic E-state index is -1.02. The van der Waals surface area contributed by atoms with Crippen LogP contribution in [0.25, 0.3) is 22.6 Å². The Morgan fingerprint density at radius 3 is 2.77 bits per heavy atom. The van der Waals surface area contributed by atoms with E-state index in [0.29, 0.717) is 22.8 Å². The number of nitrogens with one attached hydrogen (secondary N) is 1. The SMILES string of the molecule is CC(OC(=O)c1c2c(nc3ccccc13)/C(=C/c1cccs1)CCC2)C(=O)Nc1ccc(Cl)cn1. The van der Waals surface area contributed by atoms with Crippen molar-refractivity contribution in [1.29, 1.82) is 0 Å². The van der Waals surface area contributed by atoms with E-state index in [-0.39, 0.29) is 0 Å². The van der Waals surface area contributed by atoms with Crippen LogP contribution >= 0.6 is 22.9 Å². The van der Waals surface area contributed by atoms with Crippen molar-refractivity contribution >= 4 is 63.2 Å². The number of hydrogen-bond donors (Lipinski definition) is 1. The van der Waals surface area contributed by atoms with Gasteiger partial charge in [-0.2, -0.15) is 0 Å². The summed E-state index contributed by atoms with van der Waals surface area (Å²) in [6.07, 6.45) is 5.07. The summed E-state index contributed by atoms with van der Waals surface area (Å²) in [5.74, 6) is -0.681. The number of ether oxygens (including phenoxy) is 1. The number of aromatic nitrogens is 2. The van der Waals surface area contributed by atoms with Crippen molar-refractivity contribution in [1.82, 2.24) is 9.97 Å². The monoisotopic (exact) mass is 503 g/mol. The molecule has 1 amide bonds. The molecule has 4 aromatic rings. The highest BCUT2D eigenvalue weighted by atomic mass is 35.5. The van der Waals surface area contributed by atoms with Crippen LogP contribution in [-0.4, -0.2) is 27.9 Å². The van der Waals surface area contributed by atoms with Gasteiger partial charge in [-0.25, -0.2) is 14.8 Å². The van der Waals surface area contributed by atoms with Gasteiger partial charge in [-0.15, -0.1) is 11.3 Å². The summed E-state index contributed by atoms with van der Waals surface area (Å²) in [6.45, 7) is 1.54. The van der Waals surface area contributed by atoms with E-state index >= 15 is 0 Å². The molecule has 1 unspecified atom stereocenters. The number of amides is 1. The zero-order valence-corrected chi connectivity index (χ0v) is 20.5. The van der Waals surface area contributed by atoms with Crippen molar-refractivity contribution in [2.45, 2.75) is 32.3 Å². The topological polar surface area (TPSA) is 81.2 Å². The number of para-hydroxylation sites is 1. The summed E-state index contributed by atoms with van der Waals surface area (Å²) in [5.41, 5.74) is 4.01. The van der Waals surface area contributed by atoms with Crippen molar-refractivity contribution in [3.8, 4) is 0 Å². The lowest BCUT2D eigenvalue weighted by molar-refractivity contribution is -0.123. The van der Waals surface area contributed by atoms with Crippen molar-refractivity contribution in [3.05, 3.63) is 86.8 Å². The van der Waals surface area contributed by atoms with Gasteiger partial charge in [0.05, 0.1) is 21.8 Å². The summed E-state index contributed by atoms with van der Waals surface area (Å²) in [7, 11) is 0. The van der Waals surface area contributed by atoms with E-state index in [4.69, 9.17) is 21.3 Å². The number of allylic oxidation sites excluding steroid dienone is 1. The van der Waals surface area contributed by atoms with Gasteiger partial charge in [0, 0.05) is 16.5 Å². The Labute approximate surface area is 211 Å². The van der Waals surface area contributed by atoms with E-state index in [9.17, 15) is 9.59 Å². The van der Waals surface area contributed by atoms with Crippen molar-refractivity contribution in [2.75, 3.05) is 5.32 Å². The molecular formula is C27H22ClN3O3S. The van der Waals surface area contributed by atoms with Gasteiger partial charge in [-0.1, -0.05) is 35.9 Å². The first-order valence-corrected chi connectivity index (χ1v) is 12.5. The molecule has 0 radical (unpaired) electrons. The molecule has 6 nitrogen and oxygen atoms in total. The summed E-state index contributed by atoms with van der Waals surface area (Å²) < 4.78 is 5.66. The van der Waals surface area contributed by atoms with Crippen LogP contribution in [0.3, 0.4) is 0 Å². The number of benzene rings is 1. The molecule has 3 aromatic heterocycles.